The number of methoxy groups -OCH3 is 2. The number of ether oxygens (including phenoxy) is 4. The van der Waals surface area contributed by atoms with Crippen LogP contribution in [0.1, 0.15) is 45.7 Å². The lowest BCUT2D eigenvalue weighted by atomic mass is 10.0. The molecular weight excluding hydrogens is 372 g/mol. The molecule has 0 radical (unpaired) electrons. The first-order valence-corrected chi connectivity index (χ1v) is 12.6. The Hall–Kier alpha value is -1.34. The van der Waals surface area contributed by atoms with Crippen molar-refractivity contribution >= 4 is 8.32 Å². The minimum atomic E-state index is -1.86. The van der Waals surface area contributed by atoms with Gasteiger partial charge in [0, 0.05) is 19.8 Å². The molecule has 5 nitrogen and oxygen atoms in total. The molecule has 28 heavy (non-hydrogen) atoms. The predicted octanol–water partition coefficient (Wildman–Crippen LogP) is 5.68. The van der Waals surface area contributed by atoms with Crippen molar-refractivity contribution in [1.29, 1.82) is 0 Å². The molecule has 0 saturated carbocycles. The van der Waals surface area contributed by atoms with Crippen LogP contribution in [0.25, 0.3) is 0 Å². The van der Waals surface area contributed by atoms with Gasteiger partial charge in [0.1, 0.15) is 11.5 Å². The van der Waals surface area contributed by atoms with Crippen LogP contribution in [0.3, 0.4) is 0 Å². The molecule has 0 atom stereocenters. The summed E-state index contributed by atoms with van der Waals surface area (Å²) >= 11 is 0. The molecule has 0 spiro atoms. The number of hydrogen-bond donors (Lipinski definition) is 0. The Labute approximate surface area is 172 Å². The summed E-state index contributed by atoms with van der Waals surface area (Å²) in [7, 11) is 1.37. The van der Waals surface area contributed by atoms with Crippen LogP contribution < -0.4 is 9.47 Å². The van der Waals surface area contributed by atoms with E-state index in [4.69, 9.17) is 23.4 Å². The van der Waals surface area contributed by atoms with Gasteiger partial charge in [0.25, 0.3) is 0 Å². The van der Waals surface area contributed by atoms with E-state index in [9.17, 15) is 0 Å². The third-order valence-corrected chi connectivity index (χ3v) is 9.49. The quantitative estimate of drug-likeness (QED) is 0.267. The van der Waals surface area contributed by atoms with Crippen LogP contribution in [0.2, 0.25) is 18.1 Å². The Morgan fingerprint density at radius 2 is 1.46 bits per heavy atom. The molecule has 1 aromatic carbocycles. The summed E-state index contributed by atoms with van der Waals surface area (Å²) in [5.74, 6) is 1.50. The Kier molecular flexibility index (Phi) is 9.70. The van der Waals surface area contributed by atoms with Crippen LogP contribution >= 0.6 is 0 Å². The lowest BCUT2D eigenvalue weighted by Gasteiger charge is -2.36. The molecule has 0 aromatic heterocycles. The normalized spacial score (nSPS) is 12.0. The first kappa shape index (κ1) is 24.7. The van der Waals surface area contributed by atoms with Crippen LogP contribution in [-0.2, 0) is 26.9 Å². The van der Waals surface area contributed by atoms with Gasteiger partial charge in [0.05, 0.1) is 6.61 Å². The van der Waals surface area contributed by atoms with Crippen molar-refractivity contribution in [1.82, 2.24) is 0 Å². The molecule has 0 aliphatic carbocycles. The Balaban J connectivity index is 3.24. The van der Waals surface area contributed by atoms with Crippen molar-refractivity contribution in [3.8, 4) is 11.5 Å². The zero-order valence-electron chi connectivity index (χ0n) is 19.1. The standard InChI is InChI=1S/C22H38O5Si/c1-17(2)10-11-19-20(25-15-23-6)12-18(13-21(19)26-16-24-7)14-27-28(8,9)22(3,4)5/h10,12-13H,11,14-16H2,1-9H3. The van der Waals surface area contributed by atoms with Crippen LogP contribution in [0.5, 0.6) is 11.5 Å². The average molecular weight is 411 g/mol. The molecule has 0 bridgehead atoms. The largest absolute Gasteiger partial charge is 0.467 e. The Morgan fingerprint density at radius 3 is 1.86 bits per heavy atom. The highest BCUT2D eigenvalue weighted by molar-refractivity contribution is 6.74. The van der Waals surface area contributed by atoms with Gasteiger partial charge in [-0.15, -0.1) is 0 Å². The van der Waals surface area contributed by atoms with Crippen molar-refractivity contribution in [3.63, 3.8) is 0 Å². The topological polar surface area (TPSA) is 46.2 Å². The monoisotopic (exact) mass is 410 g/mol. The minimum absolute atomic E-state index is 0.154. The van der Waals surface area contributed by atoms with E-state index in [-0.39, 0.29) is 18.6 Å². The molecule has 0 N–H and O–H groups in total. The predicted molar refractivity (Wildman–Crippen MR) is 117 cm³/mol. The highest BCUT2D eigenvalue weighted by Gasteiger charge is 2.37. The van der Waals surface area contributed by atoms with Crippen molar-refractivity contribution in [2.24, 2.45) is 0 Å². The van der Waals surface area contributed by atoms with Crippen LogP contribution in [0, 0.1) is 0 Å². The molecular formula is C22H38O5Si. The van der Waals surface area contributed by atoms with Gasteiger partial charge >= 0.3 is 0 Å². The average Bonchev–Trinajstić information content (AvgIpc) is 2.60. The first-order chi connectivity index (χ1) is 13.0. The first-order valence-electron chi connectivity index (χ1n) is 9.68. The third-order valence-electron chi connectivity index (χ3n) is 5.01. The van der Waals surface area contributed by atoms with E-state index in [1.165, 1.54) is 5.57 Å². The van der Waals surface area contributed by atoms with Gasteiger partial charge in [-0.25, -0.2) is 0 Å². The molecule has 0 heterocycles. The molecule has 0 unspecified atom stereocenters. The molecule has 1 aromatic rings. The second-order valence-electron chi connectivity index (χ2n) is 8.71. The maximum atomic E-state index is 6.39. The van der Waals surface area contributed by atoms with Gasteiger partial charge < -0.3 is 23.4 Å². The Morgan fingerprint density at radius 1 is 0.964 bits per heavy atom. The van der Waals surface area contributed by atoms with Crippen molar-refractivity contribution < 1.29 is 23.4 Å². The second-order valence-corrected chi connectivity index (χ2v) is 13.5. The number of allylic oxidation sites excluding steroid dienone is 2. The molecule has 0 amide bonds. The molecule has 0 aliphatic heterocycles. The third kappa shape index (κ3) is 7.58. The molecule has 160 valence electrons. The van der Waals surface area contributed by atoms with Crippen LogP contribution in [-0.4, -0.2) is 36.1 Å². The van der Waals surface area contributed by atoms with Crippen molar-refractivity contribution in [2.45, 2.75) is 65.8 Å². The lowest BCUT2D eigenvalue weighted by molar-refractivity contribution is 0.0446. The summed E-state index contributed by atoms with van der Waals surface area (Å²) in [4.78, 5) is 0. The van der Waals surface area contributed by atoms with E-state index in [1.54, 1.807) is 14.2 Å². The summed E-state index contributed by atoms with van der Waals surface area (Å²) in [5.41, 5.74) is 3.23. The van der Waals surface area contributed by atoms with Gasteiger partial charge in [0.2, 0.25) is 0 Å². The smallest absolute Gasteiger partial charge is 0.192 e. The van der Waals surface area contributed by atoms with E-state index in [0.717, 1.165) is 22.6 Å². The zero-order valence-corrected chi connectivity index (χ0v) is 20.1. The molecule has 0 aliphatic rings. The maximum absolute atomic E-state index is 6.39. The molecule has 0 saturated heterocycles. The lowest BCUT2D eigenvalue weighted by Crippen LogP contribution is -2.40. The summed E-state index contributed by atoms with van der Waals surface area (Å²) in [6.07, 6.45) is 2.87. The number of benzene rings is 1. The highest BCUT2D eigenvalue weighted by Crippen LogP contribution is 2.38. The minimum Gasteiger partial charge on any atom is -0.467 e. The summed E-state index contributed by atoms with van der Waals surface area (Å²) in [6, 6.07) is 4.06. The van der Waals surface area contributed by atoms with Gasteiger partial charge in [-0.2, -0.15) is 0 Å². The summed E-state index contributed by atoms with van der Waals surface area (Å²) in [6.45, 7) is 16.2. The summed E-state index contributed by atoms with van der Waals surface area (Å²) < 4.78 is 28.4. The van der Waals surface area contributed by atoms with E-state index in [2.05, 4.69) is 53.8 Å². The van der Waals surface area contributed by atoms with Gasteiger partial charge in [-0.1, -0.05) is 32.4 Å². The van der Waals surface area contributed by atoms with E-state index in [0.29, 0.717) is 13.0 Å². The van der Waals surface area contributed by atoms with E-state index < -0.39 is 8.32 Å². The van der Waals surface area contributed by atoms with E-state index >= 15 is 0 Å². The Bertz CT molecular complexity index is 614. The van der Waals surface area contributed by atoms with Crippen molar-refractivity contribution in [3.05, 3.63) is 34.9 Å². The second kappa shape index (κ2) is 11.0. The number of rotatable bonds is 11. The maximum Gasteiger partial charge on any atom is 0.192 e. The fourth-order valence-corrected chi connectivity index (χ4v) is 3.21. The van der Waals surface area contributed by atoms with Gasteiger partial charge in [-0.3, -0.25) is 0 Å². The van der Waals surface area contributed by atoms with Gasteiger partial charge in [0.15, 0.2) is 21.9 Å². The fourth-order valence-electron chi connectivity index (χ4n) is 2.25. The van der Waals surface area contributed by atoms with Crippen LogP contribution in [0.4, 0.5) is 0 Å². The number of hydrogen-bond acceptors (Lipinski definition) is 5. The fraction of sp³-hybridized carbons (Fsp3) is 0.636. The van der Waals surface area contributed by atoms with Crippen molar-refractivity contribution in [2.75, 3.05) is 27.8 Å². The molecule has 6 heteroatoms. The van der Waals surface area contributed by atoms with E-state index in [1.807, 2.05) is 12.1 Å². The molecule has 1 rings (SSSR count). The molecule has 0 fully saturated rings. The zero-order chi connectivity index (χ0) is 21.4. The van der Waals surface area contributed by atoms with Gasteiger partial charge in [-0.05, 0) is 56.1 Å². The summed E-state index contributed by atoms with van der Waals surface area (Å²) in [5, 5.41) is 0.154. The SMILES string of the molecule is COCOc1cc(CO[Si](C)(C)C(C)(C)C)cc(OCOC)c1CC=C(C)C. The van der Waals surface area contributed by atoms with Crippen LogP contribution in [0.15, 0.2) is 23.8 Å². The highest BCUT2D eigenvalue weighted by atomic mass is 28.4.